The Labute approximate surface area is 229 Å². The van der Waals surface area contributed by atoms with Gasteiger partial charge in [0.15, 0.2) is 0 Å². The number of anilines is 1. The molecule has 1 spiro atoms. The minimum Gasteiger partial charge on any atom is -0.460 e. The summed E-state index contributed by atoms with van der Waals surface area (Å²) in [4.78, 5) is 32.8. The first kappa shape index (κ1) is 24.5. The number of para-hydroxylation sites is 1. The average molecular weight is 545 g/mol. The fourth-order valence-corrected chi connectivity index (χ4v) is 6.26. The number of amides is 3. The Bertz CT molecular complexity index is 1570. The zero-order valence-electron chi connectivity index (χ0n) is 20.4. The van der Waals surface area contributed by atoms with Crippen LogP contribution in [0.4, 0.5) is 10.5 Å². The highest BCUT2D eigenvalue weighted by atomic mass is 35.5. The topological polar surface area (TPSA) is 80.8 Å². The number of furan rings is 1. The zero-order chi connectivity index (χ0) is 26.6. The number of fused-ring (bicyclic) bond motifs is 1. The zero-order valence-corrected chi connectivity index (χ0v) is 21.9. The Morgan fingerprint density at radius 3 is 2.42 bits per heavy atom. The quantitative estimate of drug-likeness (QED) is 0.292. The van der Waals surface area contributed by atoms with Gasteiger partial charge in [0.2, 0.25) is 0 Å². The molecule has 6 rings (SSSR count). The number of rotatable bonds is 4. The van der Waals surface area contributed by atoms with Crippen molar-refractivity contribution in [1.82, 2.24) is 9.80 Å². The van der Waals surface area contributed by atoms with E-state index in [0.717, 1.165) is 22.3 Å². The molecule has 2 atom stereocenters. The van der Waals surface area contributed by atoms with E-state index in [9.17, 15) is 14.9 Å². The van der Waals surface area contributed by atoms with Gasteiger partial charge >= 0.3 is 6.03 Å². The molecule has 3 heterocycles. The molecule has 4 aromatic rings. The Kier molecular flexibility index (Phi) is 5.92. The van der Waals surface area contributed by atoms with E-state index in [1.165, 1.54) is 9.80 Å². The van der Waals surface area contributed by atoms with Gasteiger partial charge in [0, 0.05) is 41.5 Å². The van der Waals surface area contributed by atoms with Crippen molar-refractivity contribution in [1.29, 1.82) is 5.26 Å². The minimum atomic E-state index is -1.17. The summed E-state index contributed by atoms with van der Waals surface area (Å²) >= 11 is 12.4. The van der Waals surface area contributed by atoms with Crippen LogP contribution < -0.4 is 4.90 Å². The number of likely N-dealkylation sites (N-methyl/N-ethyl adjacent to an activating group) is 1. The first-order valence-corrected chi connectivity index (χ1v) is 12.8. The van der Waals surface area contributed by atoms with Crippen LogP contribution in [-0.4, -0.2) is 47.4 Å². The monoisotopic (exact) mass is 544 g/mol. The van der Waals surface area contributed by atoms with Crippen LogP contribution in [0.15, 0.2) is 77.2 Å². The molecule has 1 aromatic heterocycles. The molecule has 9 heteroatoms. The minimum absolute atomic E-state index is 0.306. The van der Waals surface area contributed by atoms with Gasteiger partial charge in [-0.25, -0.2) is 9.69 Å². The lowest BCUT2D eigenvalue weighted by molar-refractivity contribution is -0.124. The van der Waals surface area contributed by atoms with E-state index in [-0.39, 0.29) is 11.8 Å². The molecule has 2 fully saturated rings. The molecule has 2 saturated heterocycles. The van der Waals surface area contributed by atoms with Gasteiger partial charge in [0.05, 0.1) is 23.9 Å². The van der Waals surface area contributed by atoms with Gasteiger partial charge in [-0.1, -0.05) is 53.5 Å². The van der Waals surface area contributed by atoms with Gasteiger partial charge in [0.25, 0.3) is 5.91 Å². The van der Waals surface area contributed by atoms with Crippen LogP contribution in [-0.2, 0) is 11.3 Å². The summed E-state index contributed by atoms with van der Waals surface area (Å²) in [5.74, 6) is 0.0882. The number of benzene rings is 3. The second kappa shape index (κ2) is 9.17. The number of carbonyl (C=O) groups is 2. The fourth-order valence-electron chi connectivity index (χ4n) is 5.75. The molecule has 7 nitrogen and oxygen atoms in total. The van der Waals surface area contributed by atoms with Gasteiger partial charge in [0.1, 0.15) is 16.9 Å². The number of likely N-dealkylation sites (tertiary alicyclic amines) is 1. The third-order valence-electron chi connectivity index (χ3n) is 7.54. The molecule has 3 amide bonds. The summed E-state index contributed by atoms with van der Waals surface area (Å²) in [5, 5.41) is 11.0. The highest BCUT2D eigenvalue weighted by Gasteiger charge is 2.64. The summed E-state index contributed by atoms with van der Waals surface area (Å²) in [6.45, 7) is 1.29. The third-order valence-corrected chi connectivity index (χ3v) is 7.97. The van der Waals surface area contributed by atoms with E-state index >= 15 is 0 Å². The van der Waals surface area contributed by atoms with Gasteiger partial charge < -0.3 is 9.32 Å². The van der Waals surface area contributed by atoms with E-state index in [4.69, 9.17) is 27.6 Å². The van der Waals surface area contributed by atoms with Crippen molar-refractivity contribution < 1.29 is 14.0 Å². The number of nitrogens with zero attached hydrogens (tertiary/aromatic N) is 4. The van der Waals surface area contributed by atoms with Gasteiger partial charge in [-0.3, -0.25) is 9.69 Å². The molecule has 0 bridgehead atoms. The standard InChI is InChI=1S/C29H22Cl2N4O3/c1-33-28(37)35(23-12-21(30)11-22(31)13-23)27(36)29(33)17-34(15-24-10-20-4-2-3-5-26(20)38-24)16-25(29)19-8-6-18(14-32)7-9-19/h2-13,25H,15-17H2,1H3. The first-order valence-electron chi connectivity index (χ1n) is 12.1. The summed E-state index contributed by atoms with van der Waals surface area (Å²) < 4.78 is 6.06. The highest BCUT2D eigenvalue weighted by Crippen LogP contribution is 2.47. The number of hydrogen-bond acceptors (Lipinski definition) is 5. The van der Waals surface area contributed by atoms with E-state index < -0.39 is 11.6 Å². The second-order valence-electron chi connectivity index (χ2n) is 9.74. The second-order valence-corrected chi connectivity index (χ2v) is 10.6. The van der Waals surface area contributed by atoms with Gasteiger partial charge in [-0.2, -0.15) is 5.26 Å². The van der Waals surface area contributed by atoms with E-state index in [1.54, 1.807) is 37.4 Å². The normalized spacial score (nSPS) is 21.7. The predicted molar refractivity (Wildman–Crippen MR) is 145 cm³/mol. The molecule has 2 aliphatic rings. The smallest absolute Gasteiger partial charge is 0.332 e. The molecule has 2 aliphatic heterocycles. The Balaban J connectivity index is 1.41. The van der Waals surface area contributed by atoms with Crippen LogP contribution in [0.1, 0.15) is 22.8 Å². The van der Waals surface area contributed by atoms with E-state index in [1.807, 2.05) is 42.5 Å². The molecule has 0 aliphatic carbocycles. The van der Waals surface area contributed by atoms with Gasteiger partial charge in [-0.15, -0.1) is 0 Å². The van der Waals surface area contributed by atoms with Crippen molar-refractivity contribution >= 4 is 51.8 Å². The summed E-state index contributed by atoms with van der Waals surface area (Å²) in [6.07, 6.45) is 0. The molecule has 190 valence electrons. The highest BCUT2D eigenvalue weighted by molar-refractivity contribution is 6.35. The first-order chi connectivity index (χ1) is 18.3. The van der Waals surface area contributed by atoms with Crippen molar-refractivity contribution in [2.75, 3.05) is 25.0 Å². The van der Waals surface area contributed by atoms with Crippen molar-refractivity contribution in [2.24, 2.45) is 0 Å². The van der Waals surface area contributed by atoms with E-state index in [0.29, 0.717) is 40.9 Å². The molecule has 0 N–H and O–H groups in total. The van der Waals surface area contributed by atoms with Crippen molar-refractivity contribution in [3.05, 3.63) is 99.7 Å². The lowest BCUT2D eigenvalue weighted by Crippen LogP contribution is -2.53. The Hall–Kier alpha value is -3.83. The summed E-state index contributed by atoms with van der Waals surface area (Å²) in [7, 11) is 1.66. The fraction of sp³-hybridized carbons (Fsp3) is 0.207. The molecule has 0 radical (unpaired) electrons. The summed E-state index contributed by atoms with van der Waals surface area (Å²) in [6, 6.07) is 23.4. The number of nitriles is 1. The maximum atomic E-state index is 14.3. The van der Waals surface area contributed by atoms with Gasteiger partial charge in [-0.05, 0) is 48.0 Å². The lowest BCUT2D eigenvalue weighted by atomic mass is 9.80. The maximum absolute atomic E-state index is 14.3. The predicted octanol–water partition coefficient (Wildman–Crippen LogP) is 6.05. The van der Waals surface area contributed by atoms with Crippen molar-refractivity contribution in [2.45, 2.75) is 18.0 Å². The van der Waals surface area contributed by atoms with Crippen LogP contribution in [0.3, 0.4) is 0 Å². The van der Waals surface area contributed by atoms with Crippen molar-refractivity contribution in [3.8, 4) is 6.07 Å². The molecular weight excluding hydrogens is 523 g/mol. The van der Waals surface area contributed by atoms with Crippen molar-refractivity contribution in [3.63, 3.8) is 0 Å². The Morgan fingerprint density at radius 1 is 1.03 bits per heavy atom. The van der Waals surface area contributed by atoms with Crippen LogP contribution >= 0.6 is 23.2 Å². The maximum Gasteiger partial charge on any atom is 0.332 e. The average Bonchev–Trinajstić information content (AvgIpc) is 3.54. The number of carbonyl (C=O) groups excluding carboxylic acids is 2. The molecule has 38 heavy (non-hydrogen) atoms. The van der Waals surface area contributed by atoms with Crippen LogP contribution in [0.5, 0.6) is 0 Å². The number of imide groups is 1. The van der Waals surface area contributed by atoms with Crippen LogP contribution in [0.2, 0.25) is 10.0 Å². The van der Waals surface area contributed by atoms with Crippen LogP contribution in [0, 0.1) is 11.3 Å². The SMILES string of the molecule is CN1C(=O)N(c2cc(Cl)cc(Cl)c2)C(=O)C12CN(Cc1cc3ccccc3o1)CC2c1ccc(C#N)cc1. The Morgan fingerprint density at radius 2 is 1.74 bits per heavy atom. The molecule has 2 unspecified atom stereocenters. The number of hydrogen-bond donors (Lipinski definition) is 0. The van der Waals surface area contributed by atoms with Crippen LogP contribution in [0.25, 0.3) is 11.0 Å². The lowest BCUT2D eigenvalue weighted by Gasteiger charge is -2.34. The largest absolute Gasteiger partial charge is 0.460 e. The summed E-state index contributed by atoms with van der Waals surface area (Å²) in [5.41, 5.74) is 1.35. The van der Waals surface area contributed by atoms with E-state index in [2.05, 4.69) is 11.0 Å². The number of halogens is 2. The number of urea groups is 1. The third kappa shape index (κ3) is 3.84. The molecular formula is C29H22Cl2N4O3. The molecule has 0 saturated carbocycles. The molecule has 3 aromatic carbocycles.